The van der Waals surface area contributed by atoms with Crippen LogP contribution in [0.5, 0.6) is 0 Å². The van der Waals surface area contributed by atoms with Gasteiger partial charge in [-0.3, -0.25) is 4.79 Å². The number of nitrogens with zero attached hydrogens (tertiary/aromatic N) is 3. The fraction of sp³-hybridized carbons (Fsp3) is 0.261. The number of Topliss-reactive ketones (excluding diaryl/α,β-unsaturated/α-hetero) is 1. The molecule has 2 aromatic carbocycles. The monoisotopic (exact) mass is 449 g/mol. The molecule has 0 radical (unpaired) electrons. The van der Waals surface area contributed by atoms with Gasteiger partial charge in [-0.15, -0.1) is 0 Å². The Balaban J connectivity index is 1.29. The summed E-state index contributed by atoms with van der Waals surface area (Å²) in [5.41, 5.74) is 5.71. The Morgan fingerprint density at radius 2 is 2.13 bits per heavy atom. The van der Waals surface area contributed by atoms with Gasteiger partial charge in [0.05, 0.1) is 21.3 Å². The van der Waals surface area contributed by atoms with E-state index in [0.717, 1.165) is 57.9 Å². The number of halogens is 1. The summed E-state index contributed by atoms with van der Waals surface area (Å²) in [6.45, 7) is 2.05. The fourth-order valence-electron chi connectivity index (χ4n) is 4.39. The highest BCUT2D eigenvalue weighted by Gasteiger charge is 2.35. The van der Waals surface area contributed by atoms with Crippen molar-refractivity contribution < 1.29 is 4.79 Å². The Kier molecular flexibility index (Phi) is 4.38. The lowest BCUT2D eigenvalue weighted by molar-refractivity contribution is 0.103. The minimum Gasteiger partial charge on any atom is -0.316 e. The van der Waals surface area contributed by atoms with Crippen molar-refractivity contribution >= 4 is 61.1 Å². The van der Waals surface area contributed by atoms with Crippen LogP contribution >= 0.6 is 22.9 Å². The molecule has 6 rings (SSSR count). The summed E-state index contributed by atoms with van der Waals surface area (Å²) in [4.78, 5) is 22.3. The largest absolute Gasteiger partial charge is 0.316 e. The Bertz CT molecular complexity index is 1400. The number of hydrogen-bond acceptors (Lipinski definition) is 6. The molecule has 8 heteroatoms. The molecule has 0 bridgehead atoms. The molecule has 1 atom stereocenters. The molecule has 2 aliphatic rings. The number of aromatic nitrogens is 3. The van der Waals surface area contributed by atoms with Gasteiger partial charge < -0.3 is 15.2 Å². The summed E-state index contributed by atoms with van der Waals surface area (Å²) in [6.07, 6.45) is 2.00. The first-order valence-electron chi connectivity index (χ1n) is 10.3. The topological polar surface area (TPSA) is 71.8 Å². The van der Waals surface area contributed by atoms with E-state index in [-0.39, 0.29) is 5.78 Å². The minimum absolute atomic E-state index is 0.145. The molecule has 6 nitrogen and oxygen atoms in total. The van der Waals surface area contributed by atoms with Crippen molar-refractivity contribution in [2.75, 3.05) is 18.4 Å². The van der Waals surface area contributed by atoms with Crippen molar-refractivity contribution in [1.82, 2.24) is 19.9 Å². The molecule has 31 heavy (non-hydrogen) atoms. The maximum absolute atomic E-state index is 13.0. The summed E-state index contributed by atoms with van der Waals surface area (Å²) in [5.74, 6) is 1.37. The van der Waals surface area contributed by atoms with Gasteiger partial charge in [0.2, 0.25) is 5.95 Å². The van der Waals surface area contributed by atoms with Gasteiger partial charge in [-0.05, 0) is 61.7 Å². The second-order valence-electron chi connectivity index (χ2n) is 8.15. The second kappa shape index (κ2) is 7.15. The molecule has 4 aromatic rings. The maximum atomic E-state index is 13.0. The van der Waals surface area contributed by atoms with Gasteiger partial charge in [-0.25, -0.2) is 9.97 Å². The minimum atomic E-state index is 0.145. The van der Waals surface area contributed by atoms with Crippen molar-refractivity contribution in [3.63, 3.8) is 0 Å². The zero-order valence-electron chi connectivity index (χ0n) is 16.9. The normalized spacial score (nSPS) is 18.3. The molecule has 1 fully saturated rings. The SMILES string of the molecule is Cn1c(Nc2nc3ccc(Cl)cc3s2)nc2cc(C(=O)C3=C(C4CCNC4)C3)ccc21. The zero-order valence-corrected chi connectivity index (χ0v) is 18.5. The first kappa shape index (κ1) is 19.0. The third-order valence-electron chi connectivity index (χ3n) is 6.17. The molecule has 2 aromatic heterocycles. The number of carbonyl (C=O) groups excluding carboxylic acids is 1. The van der Waals surface area contributed by atoms with E-state index in [0.29, 0.717) is 22.5 Å². The van der Waals surface area contributed by atoms with E-state index >= 15 is 0 Å². The Hall–Kier alpha value is -2.74. The molecule has 1 aliphatic carbocycles. The third-order valence-corrected chi connectivity index (χ3v) is 7.34. The average Bonchev–Trinajstić information content (AvgIpc) is 3.09. The third kappa shape index (κ3) is 3.33. The number of aryl methyl sites for hydroxylation is 1. The number of anilines is 2. The molecular formula is C23H20ClN5OS. The summed E-state index contributed by atoms with van der Waals surface area (Å²) in [5, 5.41) is 8.14. The zero-order chi connectivity index (χ0) is 21.1. The molecule has 156 valence electrons. The second-order valence-corrected chi connectivity index (χ2v) is 9.62. The quantitative estimate of drug-likeness (QED) is 0.416. The first-order valence-corrected chi connectivity index (χ1v) is 11.5. The first-order chi connectivity index (χ1) is 15.1. The standard InChI is InChI=1S/C23H20ClN5OS/c1-29-19-5-2-12(21(30)16-10-15(16)13-6-7-25-11-13)8-18(19)26-22(29)28-23-27-17-4-3-14(24)9-20(17)31-23/h2-5,8-9,13,25H,6-7,10-11H2,1H3,(H,26,27,28). The van der Waals surface area contributed by atoms with Crippen LogP contribution in [0.3, 0.4) is 0 Å². The number of allylic oxidation sites excluding steroid dienone is 1. The number of nitrogens with one attached hydrogen (secondary N) is 2. The number of hydrogen-bond donors (Lipinski definition) is 2. The predicted molar refractivity (Wildman–Crippen MR) is 126 cm³/mol. The summed E-state index contributed by atoms with van der Waals surface area (Å²) >= 11 is 7.62. The molecule has 2 N–H and O–H groups in total. The van der Waals surface area contributed by atoms with Crippen molar-refractivity contribution in [2.45, 2.75) is 12.8 Å². The van der Waals surface area contributed by atoms with Gasteiger partial charge in [-0.1, -0.05) is 28.5 Å². The number of imidazole rings is 1. The van der Waals surface area contributed by atoms with E-state index in [1.165, 1.54) is 16.9 Å². The van der Waals surface area contributed by atoms with Crippen LogP contribution in [0.2, 0.25) is 5.02 Å². The lowest BCUT2D eigenvalue weighted by Gasteiger charge is -2.02. The maximum Gasteiger partial charge on any atom is 0.209 e. The van der Waals surface area contributed by atoms with Gasteiger partial charge in [0.1, 0.15) is 0 Å². The number of fused-ring (bicyclic) bond motifs is 2. The molecule has 1 saturated heterocycles. The van der Waals surface area contributed by atoms with Crippen molar-refractivity contribution in [3.05, 3.63) is 58.1 Å². The van der Waals surface area contributed by atoms with Crippen LogP contribution in [0, 0.1) is 5.92 Å². The van der Waals surface area contributed by atoms with Gasteiger partial charge >= 0.3 is 0 Å². The Morgan fingerprint density at radius 3 is 2.97 bits per heavy atom. The predicted octanol–water partition coefficient (Wildman–Crippen LogP) is 5.07. The van der Waals surface area contributed by atoms with Crippen LogP contribution in [0.15, 0.2) is 47.5 Å². The van der Waals surface area contributed by atoms with Crippen molar-refractivity contribution in [3.8, 4) is 0 Å². The van der Waals surface area contributed by atoms with Gasteiger partial charge in [0, 0.05) is 29.8 Å². The number of thiazole rings is 1. The van der Waals surface area contributed by atoms with Crippen LogP contribution in [0.25, 0.3) is 21.3 Å². The van der Waals surface area contributed by atoms with E-state index in [9.17, 15) is 4.79 Å². The van der Waals surface area contributed by atoms with Gasteiger partial charge in [0.25, 0.3) is 0 Å². The number of rotatable bonds is 5. The smallest absolute Gasteiger partial charge is 0.209 e. The Labute approximate surface area is 187 Å². The highest BCUT2D eigenvalue weighted by atomic mass is 35.5. The summed E-state index contributed by atoms with van der Waals surface area (Å²) < 4.78 is 3.00. The molecule has 3 heterocycles. The highest BCUT2D eigenvalue weighted by Crippen LogP contribution is 2.41. The lowest BCUT2D eigenvalue weighted by atomic mass is 10.0. The van der Waals surface area contributed by atoms with Crippen molar-refractivity contribution in [1.29, 1.82) is 0 Å². The molecule has 1 aliphatic heterocycles. The van der Waals surface area contributed by atoms with E-state index in [2.05, 4.69) is 15.6 Å². The van der Waals surface area contributed by atoms with Crippen molar-refractivity contribution in [2.24, 2.45) is 13.0 Å². The van der Waals surface area contributed by atoms with E-state index in [4.69, 9.17) is 16.6 Å². The van der Waals surface area contributed by atoms with Gasteiger partial charge in [-0.2, -0.15) is 0 Å². The van der Waals surface area contributed by atoms with Crippen LogP contribution < -0.4 is 10.6 Å². The Morgan fingerprint density at radius 1 is 1.23 bits per heavy atom. The summed E-state index contributed by atoms with van der Waals surface area (Å²) in [6, 6.07) is 11.4. The van der Waals surface area contributed by atoms with E-state index in [1.807, 2.05) is 48.0 Å². The molecule has 0 spiro atoms. The average molecular weight is 450 g/mol. The van der Waals surface area contributed by atoms with Gasteiger partial charge in [0.15, 0.2) is 10.9 Å². The number of carbonyl (C=O) groups is 1. The van der Waals surface area contributed by atoms with E-state index in [1.54, 1.807) is 0 Å². The number of ketones is 1. The van der Waals surface area contributed by atoms with Crippen LogP contribution in [0.1, 0.15) is 23.2 Å². The lowest BCUT2D eigenvalue weighted by Crippen LogP contribution is -2.08. The fourth-order valence-corrected chi connectivity index (χ4v) is 5.53. The highest BCUT2D eigenvalue weighted by molar-refractivity contribution is 7.22. The summed E-state index contributed by atoms with van der Waals surface area (Å²) in [7, 11) is 1.96. The molecule has 0 saturated carbocycles. The van der Waals surface area contributed by atoms with E-state index < -0.39 is 0 Å². The van der Waals surface area contributed by atoms with Crippen LogP contribution in [0.4, 0.5) is 11.1 Å². The van der Waals surface area contributed by atoms with Crippen LogP contribution in [-0.2, 0) is 7.05 Å². The molecule has 0 amide bonds. The van der Waals surface area contributed by atoms with Crippen LogP contribution in [-0.4, -0.2) is 33.4 Å². The molecular weight excluding hydrogens is 430 g/mol. The number of benzene rings is 2. The molecule has 1 unspecified atom stereocenters.